The van der Waals surface area contributed by atoms with Gasteiger partial charge in [-0.05, 0) is 36.6 Å². The van der Waals surface area contributed by atoms with Crippen molar-refractivity contribution in [2.24, 2.45) is 5.92 Å². The van der Waals surface area contributed by atoms with Crippen molar-refractivity contribution in [2.75, 3.05) is 27.3 Å². The highest BCUT2D eigenvalue weighted by molar-refractivity contribution is 7.89. The average Bonchev–Trinajstić information content (AvgIpc) is 3.46. The molecule has 2 aromatic carbocycles. The Bertz CT molecular complexity index is 1020. The summed E-state index contributed by atoms with van der Waals surface area (Å²) in [5.74, 6) is 0.310. The van der Waals surface area contributed by atoms with E-state index in [-0.39, 0.29) is 35.9 Å². The summed E-state index contributed by atoms with van der Waals surface area (Å²) < 4.78 is 38.7. The van der Waals surface area contributed by atoms with E-state index in [1.807, 2.05) is 12.1 Å². The zero-order chi connectivity index (χ0) is 21.3. The molecule has 0 aromatic heterocycles. The van der Waals surface area contributed by atoms with Gasteiger partial charge in [0.15, 0.2) is 0 Å². The summed E-state index contributed by atoms with van der Waals surface area (Å²) >= 11 is 0. The third kappa shape index (κ3) is 4.02. The number of amides is 1. The summed E-state index contributed by atoms with van der Waals surface area (Å²) in [5, 5.41) is 3.04. The van der Waals surface area contributed by atoms with E-state index in [1.54, 1.807) is 50.6 Å². The minimum absolute atomic E-state index is 0.105. The minimum atomic E-state index is -3.70. The molecule has 8 heteroatoms. The SMILES string of the molecule is COc1ccc([C@H]2CN(S(=O)(=O)c3ccccc3)C[C@H]2C(=O)NC2CC2)c(OC)c1. The summed E-state index contributed by atoms with van der Waals surface area (Å²) in [7, 11) is -0.569. The van der Waals surface area contributed by atoms with E-state index in [2.05, 4.69) is 5.32 Å². The summed E-state index contributed by atoms with van der Waals surface area (Å²) in [6, 6.07) is 14.0. The van der Waals surface area contributed by atoms with Crippen LogP contribution in [-0.2, 0) is 14.8 Å². The van der Waals surface area contributed by atoms with Gasteiger partial charge in [-0.25, -0.2) is 8.42 Å². The van der Waals surface area contributed by atoms with Crippen molar-refractivity contribution in [3.63, 3.8) is 0 Å². The number of rotatable bonds is 7. The monoisotopic (exact) mass is 430 g/mol. The first-order valence-electron chi connectivity index (χ1n) is 10.0. The molecule has 4 rings (SSSR count). The van der Waals surface area contributed by atoms with Crippen LogP contribution in [0, 0.1) is 5.92 Å². The molecule has 7 nitrogen and oxygen atoms in total. The largest absolute Gasteiger partial charge is 0.497 e. The van der Waals surface area contributed by atoms with Crippen molar-refractivity contribution in [3.8, 4) is 11.5 Å². The third-order valence-corrected chi connectivity index (χ3v) is 7.61. The molecule has 1 saturated heterocycles. The zero-order valence-electron chi connectivity index (χ0n) is 17.1. The van der Waals surface area contributed by atoms with Crippen LogP contribution in [0.15, 0.2) is 53.4 Å². The Labute approximate surface area is 177 Å². The first-order valence-corrected chi connectivity index (χ1v) is 11.5. The minimum Gasteiger partial charge on any atom is -0.497 e. The molecule has 0 spiro atoms. The van der Waals surface area contributed by atoms with Crippen molar-refractivity contribution in [3.05, 3.63) is 54.1 Å². The summed E-state index contributed by atoms with van der Waals surface area (Å²) in [4.78, 5) is 13.2. The highest BCUT2D eigenvalue weighted by atomic mass is 32.2. The number of nitrogens with zero attached hydrogens (tertiary/aromatic N) is 1. The van der Waals surface area contributed by atoms with Crippen molar-refractivity contribution in [2.45, 2.75) is 29.7 Å². The Balaban J connectivity index is 1.69. The number of hydrogen-bond acceptors (Lipinski definition) is 5. The van der Waals surface area contributed by atoms with Crippen LogP contribution >= 0.6 is 0 Å². The molecular weight excluding hydrogens is 404 g/mol. The predicted molar refractivity (Wildman–Crippen MR) is 112 cm³/mol. The van der Waals surface area contributed by atoms with Crippen LogP contribution in [0.2, 0.25) is 0 Å². The molecule has 1 saturated carbocycles. The van der Waals surface area contributed by atoms with Crippen molar-refractivity contribution in [1.82, 2.24) is 9.62 Å². The summed E-state index contributed by atoms with van der Waals surface area (Å²) in [5.41, 5.74) is 0.806. The molecule has 2 atom stereocenters. The first-order chi connectivity index (χ1) is 14.4. The van der Waals surface area contributed by atoms with E-state index >= 15 is 0 Å². The predicted octanol–water partition coefficient (Wildman–Crippen LogP) is 2.39. The van der Waals surface area contributed by atoms with E-state index < -0.39 is 15.9 Å². The average molecular weight is 431 g/mol. The normalized spacial score (nSPS) is 21.9. The Morgan fingerprint density at radius 1 is 1.03 bits per heavy atom. The third-order valence-electron chi connectivity index (χ3n) is 5.77. The number of nitrogens with one attached hydrogen (secondary N) is 1. The summed E-state index contributed by atoms with van der Waals surface area (Å²) in [6.45, 7) is 0.346. The fourth-order valence-corrected chi connectivity index (χ4v) is 5.46. The second-order valence-corrected chi connectivity index (χ2v) is 9.68. The Hall–Kier alpha value is -2.58. The van der Waals surface area contributed by atoms with Gasteiger partial charge in [-0.2, -0.15) is 4.31 Å². The molecule has 1 N–H and O–H groups in total. The highest BCUT2D eigenvalue weighted by Crippen LogP contribution is 2.41. The molecule has 1 heterocycles. The smallest absolute Gasteiger partial charge is 0.243 e. The zero-order valence-corrected chi connectivity index (χ0v) is 17.9. The van der Waals surface area contributed by atoms with E-state index in [4.69, 9.17) is 9.47 Å². The number of methoxy groups -OCH3 is 2. The number of carbonyl (C=O) groups is 1. The fraction of sp³-hybridized carbons (Fsp3) is 0.409. The maximum absolute atomic E-state index is 13.2. The van der Waals surface area contributed by atoms with E-state index in [1.165, 1.54) is 4.31 Å². The van der Waals surface area contributed by atoms with Crippen LogP contribution in [0.25, 0.3) is 0 Å². The number of carbonyl (C=O) groups excluding carboxylic acids is 1. The van der Waals surface area contributed by atoms with Gasteiger partial charge in [-0.1, -0.05) is 24.3 Å². The van der Waals surface area contributed by atoms with Crippen LogP contribution in [0.4, 0.5) is 0 Å². The number of hydrogen-bond donors (Lipinski definition) is 1. The molecule has 1 amide bonds. The summed E-state index contributed by atoms with van der Waals surface area (Å²) in [6.07, 6.45) is 1.95. The molecule has 2 fully saturated rings. The maximum Gasteiger partial charge on any atom is 0.243 e. The molecular formula is C22H26N2O5S. The van der Waals surface area contributed by atoms with E-state index in [9.17, 15) is 13.2 Å². The van der Waals surface area contributed by atoms with Crippen LogP contribution in [0.5, 0.6) is 11.5 Å². The van der Waals surface area contributed by atoms with Gasteiger partial charge in [0.25, 0.3) is 0 Å². The standard InChI is InChI=1S/C22H26N2O5S/c1-28-16-10-11-18(21(12-16)29-2)19-13-24(14-20(19)22(25)23-15-8-9-15)30(26,27)17-6-4-3-5-7-17/h3-7,10-12,15,19-20H,8-9,13-14H2,1-2H3,(H,23,25)/t19-,20-/m1/s1. The van der Waals surface area contributed by atoms with E-state index in [0.29, 0.717) is 11.5 Å². The Kier molecular flexibility index (Phi) is 5.71. The molecule has 2 aliphatic rings. The van der Waals surface area contributed by atoms with Gasteiger partial charge in [-0.15, -0.1) is 0 Å². The lowest BCUT2D eigenvalue weighted by Gasteiger charge is -2.21. The molecule has 160 valence electrons. The second kappa shape index (κ2) is 8.28. The van der Waals surface area contributed by atoms with Gasteiger partial charge < -0.3 is 14.8 Å². The number of benzene rings is 2. The van der Waals surface area contributed by atoms with Crippen molar-refractivity contribution < 1.29 is 22.7 Å². The van der Waals surface area contributed by atoms with Gasteiger partial charge in [-0.3, -0.25) is 4.79 Å². The Morgan fingerprint density at radius 2 is 1.77 bits per heavy atom. The maximum atomic E-state index is 13.2. The highest BCUT2D eigenvalue weighted by Gasteiger charge is 2.45. The fourth-order valence-electron chi connectivity index (χ4n) is 3.95. The van der Waals surface area contributed by atoms with Crippen LogP contribution < -0.4 is 14.8 Å². The van der Waals surface area contributed by atoms with Crippen LogP contribution in [0.1, 0.15) is 24.3 Å². The first kappa shape index (κ1) is 20.7. The molecule has 2 aromatic rings. The van der Waals surface area contributed by atoms with Crippen LogP contribution in [-0.4, -0.2) is 52.0 Å². The number of sulfonamides is 1. The quantitative estimate of drug-likeness (QED) is 0.729. The lowest BCUT2D eigenvalue weighted by molar-refractivity contribution is -0.125. The molecule has 1 aliphatic carbocycles. The Morgan fingerprint density at radius 3 is 2.40 bits per heavy atom. The topological polar surface area (TPSA) is 84.9 Å². The van der Waals surface area contributed by atoms with Gasteiger partial charge in [0.2, 0.25) is 15.9 Å². The van der Waals surface area contributed by atoms with Crippen LogP contribution in [0.3, 0.4) is 0 Å². The van der Waals surface area contributed by atoms with Gasteiger partial charge in [0, 0.05) is 31.1 Å². The van der Waals surface area contributed by atoms with Gasteiger partial charge in [0.05, 0.1) is 25.0 Å². The lowest BCUT2D eigenvalue weighted by atomic mass is 9.87. The van der Waals surface area contributed by atoms with Crippen molar-refractivity contribution in [1.29, 1.82) is 0 Å². The molecule has 30 heavy (non-hydrogen) atoms. The number of ether oxygens (including phenoxy) is 2. The van der Waals surface area contributed by atoms with Gasteiger partial charge in [0.1, 0.15) is 11.5 Å². The molecule has 1 aliphatic heterocycles. The van der Waals surface area contributed by atoms with E-state index in [0.717, 1.165) is 18.4 Å². The molecule has 0 radical (unpaired) electrons. The second-order valence-electron chi connectivity index (χ2n) is 7.74. The van der Waals surface area contributed by atoms with Gasteiger partial charge >= 0.3 is 0 Å². The molecule has 0 unspecified atom stereocenters. The molecule has 0 bridgehead atoms. The lowest BCUT2D eigenvalue weighted by Crippen LogP contribution is -2.36. The van der Waals surface area contributed by atoms with Crippen molar-refractivity contribution >= 4 is 15.9 Å².